The summed E-state index contributed by atoms with van der Waals surface area (Å²) >= 11 is 6.52. The van der Waals surface area contributed by atoms with Crippen molar-refractivity contribution in [2.24, 2.45) is 0 Å². The van der Waals surface area contributed by atoms with E-state index in [1.54, 1.807) is 31.2 Å². The lowest BCUT2D eigenvalue weighted by molar-refractivity contribution is -0.124. The van der Waals surface area contributed by atoms with Crippen LogP contribution in [0.15, 0.2) is 63.6 Å². The third-order valence-electron chi connectivity index (χ3n) is 4.05. The zero-order valence-corrected chi connectivity index (χ0v) is 19.9. The lowest BCUT2D eigenvalue weighted by atomic mass is 10.0. The summed E-state index contributed by atoms with van der Waals surface area (Å²) in [7, 11) is 0. The number of carbonyl (C=O) groups is 3. The second-order valence-corrected chi connectivity index (χ2v) is 8.00. The van der Waals surface area contributed by atoms with Crippen LogP contribution < -0.4 is 10.8 Å². The fourth-order valence-electron chi connectivity index (χ4n) is 2.67. The van der Waals surface area contributed by atoms with Gasteiger partial charge in [-0.1, -0.05) is 34.1 Å². The van der Waals surface area contributed by atoms with Crippen molar-refractivity contribution in [2.45, 2.75) is 19.1 Å². The Morgan fingerprint density at radius 3 is 2.47 bits per heavy atom. The number of amides is 3. The van der Waals surface area contributed by atoms with Gasteiger partial charge in [-0.25, -0.2) is 10.3 Å². The van der Waals surface area contributed by atoms with Crippen molar-refractivity contribution in [3.63, 3.8) is 0 Å². The van der Waals surface area contributed by atoms with Gasteiger partial charge in [0.05, 0.1) is 4.47 Å². The molecule has 0 saturated heterocycles. The summed E-state index contributed by atoms with van der Waals surface area (Å²) in [6, 6.07) is 11.1. The Bertz CT molecular complexity index is 999. The van der Waals surface area contributed by atoms with E-state index in [2.05, 4.69) is 37.2 Å². The average Bonchev–Trinajstić information content (AvgIpc) is 2.78. The summed E-state index contributed by atoms with van der Waals surface area (Å²) in [5.74, 6) is -1.75. The number of hydroxylamine groups is 1. The number of halogens is 2. The summed E-state index contributed by atoms with van der Waals surface area (Å²) in [6.07, 6.45) is -1.19. The van der Waals surface area contributed by atoms with E-state index >= 15 is 0 Å². The minimum atomic E-state index is -1.27. The second kappa shape index (κ2) is 12.3. The molecule has 0 aromatic heterocycles. The molecule has 2 aromatic carbocycles. The molecule has 3 amide bonds. The first-order chi connectivity index (χ1) is 15.3. The lowest BCUT2D eigenvalue weighted by Gasteiger charge is -2.26. The Balaban J connectivity index is 2.38. The smallest absolute Gasteiger partial charge is 0.414 e. The number of imide groups is 1. The van der Waals surface area contributed by atoms with Crippen molar-refractivity contribution >= 4 is 49.8 Å². The Morgan fingerprint density at radius 2 is 1.84 bits per heavy atom. The Labute approximate surface area is 200 Å². The Hall–Kier alpha value is -2.73. The van der Waals surface area contributed by atoms with Gasteiger partial charge in [0, 0.05) is 28.3 Å². The minimum Gasteiger partial charge on any atom is -0.506 e. The molecule has 0 spiro atoms. The van der Waals surface area contributed by atoms with E-state index in [4.69, 9.17) is 14.7 Å². The van der Waals surface area contributed by atoms with Crippen LogP contribution in [0.2, 0.25) is 0 Å². The van der Waals surface area contributed by atoms with E-state index in [0.717, 1.165) is 6.08 Å². The first-order valence-electron chi connectivity index (χ1n) is 9.25. The molecule has 2 rings (SSSR count). The normalized spacial score (nSPS) is 12.8. The molecule has 11 heteroatoms. The molecule has 0 unspecified atom stereocenters. The SMILES string of the molecule is CCO[C@H](/C=C/C(=O)NO)[C@H](OC(=O)NC(=O)c1ccccc1)c1cc(Br)cc(Br)c1O. The van der Waals surface area contributed by atoms with Crippen LogP contribution in [0.3, 0.4) is 0 Å². The molecule has 0 radical (unpaired) electrons. The summed E-state index contributed by atoms with van der Waals surface area (Å²) < 4.78 is 11.9. The molecular formula is C21H20Br2N2O7. The highest BCUT2D eigenvalue weighted by Gasteiger charge is 2.30. The molecule has 32 heavy (non-hydrogen) atoms. The fraction of sp³-hybridized carbons (Fsp3) is 0.190. The van der Waals surface area contributed by atoms with Gasteiger partial charge in [0.2, 0.25) is 0 Å². The van der Waals surface area contributed by atoms with Crippen molar-refractivity contribution in [1.82, 2.24) is 10.8 Å². The number of aromatic hydroxyl groups is 1. The zero-order chi connectivity index (χ0) is 23.7. The standard InChI is InChI=1S/C21H20Br2N2O7/c1-2-31-16(8-9-17(26)25-30)19(14-10-13(22)11-15(23)18(14)27)32-21(29)24-20(28)12-6-4-3-5-7-12/h3-11,16,19,27,30H,2H2,1H3,(H,25,26)(H,24,28,29)/b9-8+/t16-,19-/m1/s1. The van der Waals surface area contributed by atoms with Gasteiger partial charge in [-0.05, 0) is 53.2 Å². The lowest BCUT2D eigenvalue weighted by Crippen LogP contribution is -2.35. The minimum absolute atomic E-state index is 0.140. The molecule has 0 aliphatic rings. The zero-order valence-electron chi connectivity index (χ0n) is 16.7. The van der Waals surface area contributed by atoms with Crippen LogP contribution in [0, 0.1) is 0 Å². The molecule has 2 aromatic rings. The number of hydrogen-bond acceptors (Lipinski definition) is 7. The first kappa shape index (κ1) is 25.5. The number of ether oxygens (including phenoxy) is 2. The average molecular weight is 572 g/mol. The highest BCUT2D eigenvalue weighted by atomic mass is 79.9. The van der Waals surface area contributed by atoms with Crippen LogP contribution in [0.1, 0.15) is 28.9 Å². The van der Waals surface area contributed by atoms with Crippen LogP contribution in [0.25, 0.3) is 0 Å². The number of nitrogens with one attached hydrogen (secondary N) is 2. The Kier molecular flexibility index (Phi) is 9.85. The van der Waals surface area contributed by atoms with E-state index in [-0.39, 0.29) is 23.5 Å². The molecular weight excluding hydrogens is 552 g/mol. The predicted octanol–water partition coefficient (Wildman–Crippen LogP) is 3.99. The maximum absolute atomic E-state index is 12.5. The van der Waals surface area contributed by atoms with Crippen molar-refractivity contribution < 1.29 is 34.2 Å². The largest absolute Gasteiger partial charge is 0.506 e. The van der Waals surface area contributed by atoms with E-state index in [1.165, 1.54) is 29.8 Å². The number of phenols is 1. The van der Waals surface area contributed by atoms with Crippen LogP contribution in [-0.2, 0) is 14.3 Å². The predicted molar refractivity (Wildman–Crippen MR) is 121 cm³/mol. The molecule has 0 aliphatic carbocycles. The molecule has 0 heterocycles. The molecule has 4 N–H and O–H groups in total. The second-order valence-electron chi connectivity index (χ2n) is 6.23. The van der Waals surface area contributed by atoms with Gasteiger partial charge in [0.15, 0.2) is 6.10 Å². The molecule has 170 valence electrons. The first-order valence-corrected chi connectivity index (χ1v) is 10.8. The van der Waals surface area contributed by atoms with Crippen LogP contribution in [-0.4, -0.2) is 40.9 Å². The van der Waals surface area contributed by atoms with Crippen LogP contribution >= 0.6 is 31.9 Å². The molecule has 2 atom stereocenters. The fourth-order valence-corrected chi connectivity index (χ4v) is 3.92. The maximum Gasteiger partial charge on any atom is 0.414 e. The number of carbonyl (C=O) groups excluding carboxylic acids is 3. The molecule has 0 aliphatic heterocycles. The Morgan fingerprint density at radius 1 is 1.16 bits per heavy atom. The number of rotatable bonds is 8. The molecule has 9 nitrogen and oxygen atoms in total. The highest BCUT2D eigenvalue weighted by molar-refractivity contribution is 9.11. The van der Waals surface area contributed by atoms with Gasteiger partial charge in [-0.15, -0.1) is 0 Å². The maximum atomic E-state index is 12.5. The van der Waals surface area contributed by atoms with Crippen molar-refractivity contribution in [2.75, 3.05) is 6.61 Å². The van der Waals surface area contributed by atoms with Crippen LogP contribution in [0.5, 0.6) is 5.75 Å². The topological polar surface area (TPSA) is 134 Å². The number of phenolic OH excluding ortho intramolecular Hbond substituents is 1. The molecule has 0 fully saturated rings. The van der Waals surface area contributed by atoms with Crippen molar-refractivity contribution in [3.05, 3.63) is 74.7 Å². The number of hydrogen-bond donors (Lipinski definition) is 4. The summed E-state index contributed by atoms with van der Waals surface area (Å²) in [5, 5.41) is 21.4. The van der Waals surface area contributed by atoms with Gasteiger partial charge in [0.1, 0.15) is 11.9 Å². The highest BCUT2D eigenvalue weighted by Crippen LogP contribution is 2.39. The number of alkyl carbamates (subject to hydrolysis) is 1. The van der Waals surface area contributed by atoms with Crippen molar-refractivity contribution in [1.29, 1.82) is 0 Å². The van der Waals surface area contributed by atoms with E-state index in [0.29, 0.717) is 8.95 Å². The van der Waals surface area contributed by atoms with Crippen LogP contribution in [0.4, 0.5) is 4.79 Å². The van der Waals surface area contributed by atoms with Gasteiger partial charge < -0.3 is 14.6 Å². The van der Waals surface area contributed by atoms with Gasteiger partial charge in [0.25, 0.3) is 11.8 Å². The van der Waals surface area contributed by atoms with Crippen molar-refractivity contribution in [3.8, 4) is 5.75 Å². The summed E-state index contributed by atoms with van der Waals surface area (Å²) in [6.45, 7) is 1.84. The number of benzene rings is 2. The van der Waals surface area contributed by atoms with E-state index < -0.39 is 30.1 Å². The van der Waals surface area contributed by atoms with Gasteiger partial charge in [-0.2, -0.15) is 0 Å². The summed E-state index contributed by atoms with van der Waals surface area (Å²) in [4.78, 5) is 36.3. The third-order valence-corrected chi connectivity index (χ3v) is 5.12. The van der Waals surface area contributed by atoms with Gasteiger partial charge in [-0.3, -0.25) is 20.1 Å². The quantitative estimate of drug-likeness (QED) is 0.214. The monoisotopic (exact) mass is 570 g/mol. The van der Waals surface area contributed by atoms with Gasteiger partial charge >= 0.3 is 6.09 Å². The molecule has 0 bridgehead atoms. The van der Waals surface area contributed by atoms with E-state index in [9.17, 15) is 19.5 Å². The summed E-state index contributed by atoms with van der Waals surface area (Å²) in [5.41, 5.74) is 1.83. The van der Waals surface area contributed by atoms with E-state index in [1.807, 2.05) is 0 Å². The third kappa shape index (κ3) is 7.16. The molecule has 0 saturated carbocycles.